The summed E-state index contributed by atoms with van der Waals surface area (Å²) in [4.78, 5) is 30.5. The van der Waals surface area contributed by atoms with Gasteiger partial charge in [0.1, 0.15) is 11.4 Å². The van der Waals surface area contributed by atoms with Gasteiger partial charge in [-0.3, -0.25) is 4.68 Å². The summed E-state index contributed by atoms with van der Waals surface area (Å²) in [5.41, 5.74) is 6.20. The lowest BCUT2D eigenvalue weighted by molar-refractivity contribution is 0.0240. The number of pyridine rings is 1. The van der Waals surface area contributed by atoms with Gasteiger partial charge in [-0.1, -0.05) is 13.8 Å². The number of fused-ring (bicyclic) bond motifs is 3. The van der Waals surface area contributed by atoms with E-state index in [9.17, 15) is 4.79 Å². The van der Waals surface area contributed by atoms with E-state index in [-0.39, 0.29) is 6.09 Å². The first-order valence-electron chi connectivity index (χ1n) is 13.5. The zero-order valence-corrected chi connectivity index (χ0v) is 23.3. The van der Waals surface area contributed by atoms with Crippen molar-refractivity contribution >= 4 is 23.5 Å². The normalized spacial score (nSPS) is 15.3. The number of anilines is 3. The van der Waals surface area contributed by atoms with E-state index in [4.69, 9.17) is 14.8 Å². The van der Waals surface area contributed by atoms with Gasteiger partial charge in [0.25, 0.3) is 0 Å². The van der Waals surface area contributed by atoms with Crippen LogP contribution in [0, 0.1) is 0 Å². The number of hydrogen-bond acceptors (Lipinski definition) is 8. The van der Waals surface area contributed by atoms with Crippen LogP contribution >= 0.6 is 0 Å². The molecule has 1 saturated heterocycles. The van der Waals surface area contributed by atoms with Crippen molar-refractivity contribution in [1.29, 1.82) is 0 Å². The van der Waals surface area contributed by atoms with Gasteiger partial charge in [-0.15, -0.1) is 0 Å². The van der Waals surface area contributed by atoms with Gasteiger partial charge in [0.2, 0.25) is 5.95 Å². The van der Waals surface area contributed by atoms with Crippen molar-refractivity contribution in [3.05, 3.63) is 41.5 Å². The van der Waals surface area contributed by atoms with Gasteiger partial charge in [-0.2, -0.15) is 5.10 Å². The minimum Gasteiger partial charge on any atom is -0.444 e. The average Bonchev–Trinajstić information content (AvgIpc) is 3.28. The second-order valence-corrected chi connectivity index (χ2v) is 11.2. The van der Waals surface area contributed by atoms with Crippen molar-refractivity contribution in [2.45, 2.75) is 72.4 Å². The number of aromatic nitrogens is 5. The summed E-state index contributed by atoms with van der Waals surface area (Å²) in [6, 6.07) is 3.98. The van der Waals surface area contributed by atoms with E-state index >= 15 is 0 Å². The zero-order valence-electron chi connectivity index (χ0n) is 23.3. The third-order valence-corrected chi connectivity index (χ3v) is 6.93. The van der Waals surface area contributed by atoms with Gasteiger partial charge in [-0.05, 0) is 64.2 Å². The van der Waals surface area contributed by atoms with Crippen molar-refractivity contribution < 1.29 is 9.53 Å². The Labute approximate surface area is 224 Å². The second-order valence-electron chi connectivity index (χ2n) is 11.2. The number of carbonyl (C=O) groups is 1. The quantitative estimate of drug-likeness (QED) is 0.515. The number of hydrogen-bond donors (Lipinski definition) is 1. The molecule has 3 aromatic rings. The summed E-state index contributed by atoms with van der Waals surface area (Å²) in [6.45, 7) is 15.8. The fourth-order valence-electron chi connectivity index (χ4n) is 5.14. The van der Waals surface area contributed by atoms with Crippen LogP contribution in [0.25, 0.3) is 11.3 Å². The fourth-order valence-corrected chi connectivity index (χ4v) is 5.14. The Balaban J connectivity index is 1.27. The number of nitrogens with zero attached hydrogens (tertiary/aromatic N) is 7. The smallest absolute Gasteiger partial charge is 0.410 e. The van der Waals surface area contributed by atoms with Crippen LogP contribution in [-0.4, -0.2) is 67.5 Å². The van der Waals surface area contributed by atoms with Crippen LogP contribution in [-0.2, 0) is 24.1 Å². The molecule has 10 heteroatoms. The number of ether oxygens (including phenoxy) is 1. The molecule has 1 amide bonds. The molecule has 5 rings (SSSR count). The van der Waals surface area contributed by atoms with Gasteiger partial charge in [0, 0.05) is 44.5 Å². The van der Waals surface area contributed by atoms with Crippen LogP contribution in [0.3, 0.4) is 0 Å². The van der Waals surface area contributed by atoms with E-state index in [2.05, 4.69) is 45.6 Å². The molecular weight excluding hydrogens is 480 g/mol. The minimum atomic E-state index is -0.487. The van der Waals surface area contributed by atoms with Crippen LogP contribution in [0.1, 0.15) is 64.4 Å². The monoisotopic (exact) mass is 518 g/mol. The van der Waals surface area contributed by atoms with Crippen molar-refractivity contribution in [2.24, 2.45) is 0 Å². The first-order valence-corrected chi connectivity index (χ1v) is 13.5. The highest BCUT2D eigenvalue weighted by Crippen LogP contribution is 2.38. The van der Waals surface area contributed by atoms with E-state index in [1.54, 1.807) is 4.90 Å². The van der Waals surface area contributed by atoms with Crippen LogP contribution in [0.15, 0.2) is 24.5 Å². The first-order chi connectivity index (χ1) is 18.1. The van der Waals surface area contributed by atoms with Crippen LogP contribution in [0.2, 0.25) is 0 Å². The SMILES string of the molecule is CCn1nc2c(c1C(C)C)-c1nc(Nc3ccc(N4CCN(C(=O)OC(C)(C)C)CC4)cn3)ncc1CC2. The number of aryl methyl sites for hydroxylation is 3. The molecule has 202 valence electrons. The molecule has 0 radical (unpaired) electrons. The molecule has 0 saturated carbocycles. The molecule has 1 aliphatic carbocycles. The van der Waals surface area contributed by atoms with E-state index in [0.29, 0.717) is 30.8 Å². The standard InChI is InChI=1S/C28H38N8O2/c1-7-36-25(18(2)3)23-21(33-36)10-8-19-16-30-26(32-24(19)23)31-22-11-9-20(17-29-22)34-12-14-35(15-13-34)27(37)38-28(4,5)6/h9,11,16-18H,7-8,10,12-15H2,1-6H3,(H,29,30,31,32). The molecule has 1 aliphatic heterocycles. The highest BCUT2D eigenvalue weighted by molar-refractivity contribution is 5.72. The molecule has 1 N–H and O–H groups in total. The zero-order chi connectivity index (χ0) is 27.0. The molecule has 1 fully saturated rings. The predicted octanol–water partition coefficient (Wildman–Crippen LogP) is 4.78. The Morgan fingerprint density at radius 2 is 1.84 bits per heavy atom. The molecule has 10 nitrogen and oxygen atoms in total. The number of nitrogens with one attached hydrogen (secondary N) is 1. The highest BCUT2D eigenvalue weighted by atomic mass is 16.6. The van der Waals surface area contributed by atoms with Crippen LogP contribution < -0.4 is 10.2 Å². The maximum Gasteiger partial charge on any atom is 0.410 e. The van der Waals surface area contributed by atoms with Gasteiger partial charge in [0.15, 0.2) is 0 Å². The highest BCUT2D eigenvalue weighted by Gasteiger charge is 2.28. The summed E-state index contributed by atoms with van der Waals surface area (Å²) >= 11 is 0. The Morgan fingerprint density at radius 1 is 1.08 bits per heavy atom. The number of piperazine rings is 1. The maximum atomic E-state index is 12.3. The summed E-state index contributed by atoms with van der Waals surface area (Å²) in [5.74, 6) is 1.57. The third kappa shape index (κ3) is 5.30. The van der Waals surface area contributed by atoms with Crippen molar-refractivity contribution in [3.63, 3.8) is 0 Å². The molecule has 0 aromatic carbocycles. The predicted molar refractivity (Wildman–Crippen MR) is 148 cm³/mol. The molecule has 0 spiro atoms. The van der Waals surface area contributed by atoms with Gasteiger partial charge < -0.3 is 19.9 Å². The Bertz CT molecular complexity index is 1300. The Hall–Kier alpha value is -3.69. The number of carbonyl (C=O) groups excluding carboxylic acids is 1. The van der Waals surface area contributed by atoms with Crippen molar-refractivity contribution in [2.75, 3.05) is 36.4 Å². The summed E-state index contributed by atoms with van der Waals surface area (Å²) in [7, 11) is 0. The fraction of sp³-hybridized carbons (Fsp3) is 0.536. The van der Waals surface area contributed by atoms with E-state index < -0.39 is 5.60 Å². The van der Waals surface area contributed by atoms with Gasteiger partial charge >= 0.3 is 6.09 Å². The number of amides is 1. The summed E-state index contributed by atoms with van der Waals surface area (Å²) in [6.07, 6.45) is 5.34. The Kier molecular flexibility index (Phi) is 6.98. The van der Waals surface area contributed by atoms with E-state index in [1.165, 1.54) is 11.3 Å². The largest absolute Gasteiger partial charge is 0.444 e. The van der Waals surface area contributed by atoms with E-state index in [0.717, 1.165) is 55.1 Å². The molecule has 0 atom stereocenters. The molecule has 38 heavy (non-hydrogen) atoms. The van der Waals surface area contributed by atoms with Gasteiger partial charge in [-0.25, -0.2) is 19.7 Å². The van der Waals surface area contributed by atoms with Crippen molar-refractivity contribution in [1.82, 2.24) is 29.6 Å². The van der Waals surface area contributed by atoms with Crippen molar-refractivity contribution in [3.8, 4) is 11.3 Å². The molecule has 0 unspecified atom stereocenters. The minimum absolute atomic E-state index is 0.255. The molecule has 2 aliphatic rings. The lowest BCUT2D eigenvalue weighted by Gasteiger charge is -2.36. The molecule has 3 aromatic heterocycles. The lowest BCUT2D eigenvalue weighted by Crippen LogP contribution is -2.50. The molecular formula is C28H38N8O2. The van der Waals surface area contributed by atoms with Crippen LogP contribution in [0.5, 0.6) is 0 Å². The number of rotatable bonds is 5. The average molecular weight is 519 g/mol. The summed E-state index contributed by atoms with van der Waals surface area (Å²) in [5, 5.41) is 8.16. The summed E-state index contributed by atoms with van der Waals surface area (Å²) < 4.78 is 7.62. The second kappa shape index (κ2) is 10.2. The lowest BCUT2D eigenvalue weighted by atomic mass is 9.90. The molecule has 4 heterocycles. The first kappa shape index (κ1) is 25.9. The van der Waals surface area contributed by atoms with Crippen LogP contribution in [0.4, 0.5) is 22.2 Å². The topological polar surface area (TPSA) is 101 Å². The van der Waals surface area contributed by atoms with E-state index in [1.807, 2.05) is 45.3 Å². The Morgan fingerprint density at radius 3 is 2.47 bits per heavy atom. The molecule has 0 bridgehead atoms. The van der Waals surface area contributed by atoms with Gasteiger partial charge in [0.05, 0.1) is 29.0 Å². The third-order valence-electron chi connectivity index (χ3n) is 6.93. The maximum absolute atomic E-state index is 12.3.